The number of benzene rings is 1. The van der Waals surface area contributed by atoms with Crippen LogP contribution in [0.1, 0.15) is 25.0 Å². The molecule has 1 nitrogen and oxygen atoms in total. The van der Waals surface area contributed by atoms with Gasteiger partial charge in [-0.05, 0) is 37.1 Å². The molecule has 0 aliphatic rings. The van der Waals surface area contributed by atoms with Crippen LogP contribution in [0, 0.1) is 19.7 Å². The minimum absolute atomic E-state index is 0.188. The lowest BCUT2D eigenvalue weighted by atomic mass is 10.1. The third-order valence-electron chi connectivity index (χ3n) is 1.55. The second-order valence-electron chi connectivity index (χ2n) is 2.46. The van der Waals surface area contributed by atoms with E-state index in [0.29, 0.717) is 11.3 Å². The van der Waals surface area contributed by atoms with Crippen molar-refractivity contribution in [3.8, 4) is 0 Å². The summed E-state index contributed by atoms with van der Waals surface area (Å²) in [4.78, 5) is 0. The van der Waals surface area contributed by atoms with Gasteiger partial charge < -0.3 is 5.73 Å². The molecule has 0 saturated carbocycles. The van der Waals surface area contributed by atoms with E-state index in [9.17, 15) is 4.39 Å². The molecule has 2 N–H and O–H groups in total. The maximum absolute atomic E-state index is 12.7. The van der Waals surface area contributed by atoms with Crippen LogP contribution in [0.5, 0.6) is 0 Å². The van der Waals surface area contributed by atoms with Gasteiger partial charge in [-0.15, -0.1) is 0 Å². The molecule has 2 heteroatoms. The van der Waals surface area contributed by atoms with Crippen molar-refractivity contribution in [2.45, 2.75) is 27.7 Å². The van der Waals surface area contributed by atoms with Gasteiger partial charge in [0.25, 0.3) is 0 Å². The van der Waals surface area contributed by atoms with Crippen molar-refractivity contribution in [1.82, 2.24) is 0 Å². The average molecular weight is 169 g/mol. The largest absolute Gasteiger partial charge is 0.399 e. The van der Waals surface area contributed by atoms with Gasteiger partial charge in [-0.2, -0.15) is 0 Å². The van der Waals surface area contributed by atoms with Gasteiger partial charge >= 0.3 is 0 Å². The van der Waals surface area contributed by atoms with Crippen molar-refractivity contribution >= 4 is 5.69 Å². The Morgan fingerprint density at radius 1 is 1.08 bits per heavy atom. The van der Waals surface area contributed by atoms with Crippen LogP contribution in [-0.2, 0) is 0 Å². The van der Waals surface area contributed by atoms with E-state index in [-0.39, 0.29) is 5.82 Å². The number of anilines is 1. The van der Waals surface area contributed by atoms with E-state index in [1.165, 1.54) is 6.07 Å². The molecule has 12 heavy (non-hydrogen) atoms. The van der Waals surface area contributed by atoms with Crippen molar-refractivity contribution < 1.29 is 4.39 Å². The number of rotatable bonds is 0. The number of nitrogens with two attached hydrogens (primary N) is 1. The Balaban J connectivity index is 0.000000561. The second-order valence-corrected chi connectivity index (χ2v) is 2.46. The monoisotopic (exact) mass is 169 g/mol. The molecule has 0 unspecified atom stereocenters. The third-order valence-corrected chi connectivity index (χ3v) is 1.55. The number of aryl methyl sites for hydroxylation is 2. The highest BCUT2D eigenvalue weighted by molar-refractivity contribution is 5.48. The normalized spacial score (nSPS) is 8.75. The highest BCUT2D eigenvalue weighted by Crippen LogP contribution is 2.15. The summed E-state index contributed by atoms with van der Waals surface area (Å²) in [5.41, 5.74) is 7.57. The number of halogens is 1. The molecule has 0 saturated heterocycles. The molecule has 0 aromatic heterocycles. The summed E-state index contributed by atoms with van der Waals surface area (Å²) in [5.74, 6) is -0.188. The maximum atomic E-state index is 12.7. The highest BCUT2D eigenvalue weighted by Gasteiger charge is 1.99. The zero-order valence-corrected chi connectivity index (χ0v) is 8.11. The van der Waals surface area contributed by atoms with Gasteiger partial charge in [0.1, 0.15) is 5.82 Å². The number of hydrogen-bond donors (Lipinski definition) is 1. The molecule has 1 aromatic carbocycles. The van der Waals surface area contributed by atoms with Crippen LogP contribution in [0.25, 0.3) is 0 Å². The van der Waals surface area contributed by atoms with Crippen molar-refractivity contribution in [3.63, 3.8) is 0 Å². The number of nitrogen functional groups attached to an aromatic ring is 1. The predicted molar refractivity (Wildman–Crippen MR) is 51.6 cm³/mol. The van der Waals surface area contributed by atoms with Crippen molar-refractivity contribution in [2.24, 2.45) is 0 Å². The molecule has 1 rings (SSSR count). The maximum Gasteiger partial charge on any atom is 0.126 e. The first-order valence-electron chi connectivity index (χ1n) is 4.13. The quantitative estimate of drug-likeness (QED) is 0.593. The molecule has 68 valence electrons. The van der Waals surface area contributed by atoms with Crippen LogP contribution in [-0.4, -0.2) is 0 Å². The molecule has 0 aliphatic carbocycles. The molecule has 0 radical (unpaired) electrons. The first-order chi connectivity index (χ1) is 5.61. The molecule has 0 spiro atoms. The lowest BCUT2D eigenvalue weighted by Crippen LogP contribution is -1.92. The van der Waals surface area contributed by atoms with E-state index in [4.69, 9.17) is 5.73 Å². The van der Waals surface area contributed by atoms with Gasteiger partial charge in [0.2, 0.25) is 0 Å². The molecular formula is C10H16FN. The smallest absolute Gasteiger partial charge is 0.126 e. The molecule has 0 aliphatic heterocycles. The minimum Gasteiger partial charge on any atom is -0.399 e. The van der Waals surface area contributed by atoms with E-state index in [1.54, 1.807) is 19.9 Å². The standard InChI is InChI=1S/C8H10FN.C2H6/c1-5-4-8(10)6(2)3-7(5)9;1-2/h3-4H,10H2,1-2H3;1-2H3. The van der Waals surface area contributed by atoms with Gasteiger partial charge in [-0.3, -0.25) is 0 Å². The van der Waals surface area contributed by atoms with E-state index in [2.05, 4.69) is 0 Å². The second kappa shape index (κ2) is 4.75. The first-order valence-corrected chi connectivity index (χ1v) is 4.13. The summed E-state index contributed by atoms with van der Waals surface area (Å²) < 4.78 is 12.7. The van der Waals surface area contributed by atoms with E-state index < -0.39 is 0 Å². The zero-order valence-electron chi connectivity index (χ0n) is 8.11. The summed E-state index contributed by atoms with van der Waals surface area (Å²) in [6.07, 6.45) is 0. The van der Waals surface area contributed by atoms with Crippen LogP contribution in [0.3, 0.4) is 0 Å². The summed E-state index contributed by atoms with van der Waals surface area (Å²) in [5, 5.41) is 0. The average Bonchev–Trinajstić information content (AvgIpc) is 2.05. The van der Waals surface area contributed by atoms with E-state index >= 15 is 0 Å². The predicted octanol–water partition coefficient (Wildman–Crippen LogP) is 3.05. The minimum atomic E-state index is -0.188. The van der Waals surface area contributed by atoms with Crippen molar-refractivity contribution in [2.75, 3.05) is 5.73 Å². The van der Waals surface area contributed by atoms with Gasteiger partial charge in [0.15, 0.2) is 0 Å². The molecule has 0 atom stereocenters. The Kier molecular flexibility index (Phi) is 4.34. The Bertz CT molecular complexity index is 206. The van der Waals surface area contributed by atoms with E-state index in [1.807, 2.05) is 13.8 Å². The fraction of sp³-hybridized carbons (Fsp3) is 0.400. The SMILES string of the molecule is CC.Cc1cc(F)c(C)cc1N. The lowest BCUT2D eigenvalue weighted by Gasteiger charge is -2.01. The third kappa shape index (κ3) is 2.53. The van der Waals surface area contributed by atoms with Crippen molar-refractivity contribution in [3.05, 3.63) is 29.1 Å². The van der Waals surface area contributed by atoms with Gasteiger partial charge in [0.05, 0.1) is 0 Å². The summed E-state index contributed by atoms with van der Waals surface area (Å²) in [7, 11) is 0. The summed E-state index contributed by atoms with van der Waals surface area (Å²) in [6.45, 7) is 7.49. The van der Waals surface area contributed by atoms with Gasteiger partial charge in [-0.25, -0.2) is 4.39 Å². The Hall–Kier alpha value is -1.05. The first kappa shape index (κ1) is 11.0. The Labute approximate surface area is 73.4 Å². The molecule has 0 bridgehead atoms. The summed E-state index contributed by atoms with van der Waals surface area (Å²) >= 11 is 0. The van der Waals surface area contributed by atoms with Crippen LogP contribution in [0.2, 0.25) is 0 Å². The van der Waals surface area contributed by atoms with Crippen LogP contribution in [0.4, 0.5) is 10.1 Å². The molecule has 0 heterocycles. The van der Waals surface area contributed by atoms with Crippen molar-refractivity contribution in [1.29, 1.82) is 0 Å². The fourth-order valence-electron chi connectivity index (χ4n) is 0.803. The molecular weight excluding hydrogens is 153 g/mol. The van der Waals surface area contributed by atoms with Gasteiger partial charge in [0, 0.05) is 5.69 Å². The fourth-order valence-corrected chi connectivity index (χ4v) is 0.803. The molecule has 1 aromatic rings. The van der Waals surface area contributed by atoms with E-state index in [0.717, 1.165) is 5.56 Å². The molecule has 0 fully saturated rings. The topological polar surface area (TPSA) is 26.0 Å². The van der Waals surface area contributed by atoms with Crippen LogP contribution >= 0.6 is 0 Å². The highest BCUT2D eigenvalue weighted by atomic mass is 19.1. The van der Waals surface area contributed by atoms with Crippen LogP contribution in [0.15, 0.2) is 12.1 Å². The van der Waals surface area contributed by atoms with Gasteiger partial charge in [-0.1, -0.05) is 13.8 Å². The number of hydrogen-bond acceptors (Lipinski definition) is 1. The Morgan fingerprint density at radius 3 is 2.00 bits per heavy atom. The Morgan fingerprint density at radius 2 is 1.58 bits per heavy atom. The zero-order chi connectivity index (χ0) is 9.72. The molecule has 0 amide bonds. The lowest BCUT2D eigenvalue weighted by molar-refractivity contribution is 0.617. The van der Waals surface area contributed by atoms with Crippen LogP contribution < -0.4 is 5.73 Å². The summed E-state index contributed by atoms with van der Waals surface area (Å²) in [6, 6.07) is 3.09.